The number of ether oxygens (including phenoxy) is 5. The van der Waals surface area contributed by atoms with E-state index in [9.17, 15) is 34.8 Å². The number of aliphatic hydroxyl groups excluding tert-OH is 4. The van der Waals surface area contributed by atoms with E-state index in [0.29, 0.717) is 6.42 Å². The molecule has 10 atom stereocenters. The van der Waals surface area contributed by atoms with Gasteiger partial charge < -0.3 is 49.1 Å². The van der Waals surface area contributed by atoms with Gasteiger partial charge in [0.05, 0.1) is 25.4 Å². The van der Waals surface area contributed by atoms with Gasteiger partial charge in [0.15, 0.2) is 29.8 Å². The summed E-state index contributed by atoms with van der Waals surface area (Å²) >= 11 is 0. The Morgan fingerprint density at radius 1 is 1.00 bits per heavy atom. The van der Waals surface area contributed by atoms with E-state index in [4.69, 9.17) is 23.7 Å². The minimum absolute atomic E-state index is 0.00465. The lowest BCUT2D eigenvalue weighted by molar-refractivity contribution is -0.314. The lowest BCUT2D eigenvalue weighted by Gasteiger charge is -2.41. The van der Waals surface area contributed by atoms with Crippen LogP contribution in [0.25, 0.3) is 11.2 Å². The van der Waals surface area contributed by atoms with E-state index < -0.39 is 85.5 Å². The Bertz CT molecular complexity index is 1630. The third-order valence-electron chi connectivity index (χ3n) is 7.85. The SMILES string of the molecule is CCC/C=C/C=C/C(=O)O[C@@H](C)/C=C\C/C=C/C=C/C(=O)O[C@@H]1C(C)O[C@@H](OC2C(O)[C@@H](CO)O[C@H]2n2cnc3c(=O)[nH]cnc32)C(O)C1O. The zero-order chi connectivity index (χ0) is 36.2. The molecule has 0 aromatic carbocycles. The normalized spacial score (nSPS) is 29.7. The Labute approximate surface area is 288 Å². The monoisotopic (exact) mass is 700 g/mol. The fourth-order valence-corrected chi connectivity index (χ4v) is 5.28. The predicted molar refractivity (Wildman–Crippen MR) is 177 cm³/mol. The van der Waals surface area contributed by atoms with Crippen molar-refractivity contribution in [1.82, 2.24) is 19.5 Å². The second kappa shape index (κ2) is 18.6. The first-order valence-corrected chi connectivity index (χ1v) is 16.3. The number of nitrogens with zero attached hydrogens (tertiary/aromatic N) is 3. The maximum atomic E-state index is 12.5. The molecule has 0 amide bonds. The quantitative estimate of drug-likeness (QED) is 0.0758. The van der Waals surface area contributed by atoms with Gasteiger partial charge in [-0.1, -0.05) is 55.9 Å². The van der Waals surface area contributed by atoms with Crippen molar-refractivity contribution in [2.24, 2.45) is 0 Å². The van der Waals surface area contributed by atoms with E-state index >= 15 is 0 Å². The first-order chi connectivity index (χ1) is 24.0. The van der Waals surface area contributed by atoms with Gasteiger partial charge in [-0.25, -0.2) is 19.6 Å². The molecule has 16 heteroatoms. The average Bonchev–Trinajstić information content (AvgIpc) is 3.66. The topological polar surface area (TPSA) is 225 Å². The Balaban J connectivity index is 1.27. The number of aromatic amines is 1. The number of hydrogen-bond acceptors (Lipinski definition) is 14. The van der Waals surface area contributed by atoms with E-state index in [-0.39, 0.29) is 11.2 Å². The smallest absolute Gasteiger partial charge is 0.331 e. The molecule has 16 nitrogen and oxygen atoms in total. The number of rotatable bonds is 15. The van der Waals surface area contributed by atoms with Gasteiger partial charge in [-0.3, -0.25) is 9.36 Å². The van der Waals surface area contributed by atoms with Gasteiger partial charge in [0.1, 0.15) is 36.6 Å². The molecule has 0 bridgehead atoms. The van der Waals surface area contributed by atoms with E-state index in [1.54, 1.807) is 43.4 Å². The average molecular weight is 701 g/mol. The second-order valence-electron chi connectivity index (χ2n) is 11.7. The summed E-state index contributed by atoms with van der Waals surface area (Å²) in [7, 11) is 0. The number of aliphatic hydroxyl groups is 4. The molecule has 4 rings (SSSR count). The van der Waals surface area contributed by atoms with Crippen LogP contribution in [-0.4, -0.2) is 114 Å². The number of nitrogens with one attached hydrogen (secondary N) is 1. The molecular formula is C34H44N4O12. The Morgan fingerprint density at radius 3 is 2.48 bits per heavy atom. The van der Waals surface area contributed by atoms with Gasteiger partial charge in [-0.15, -0.1) is 0 Å². The molecule has 2 aliphatic rings. The van der Waals surface area contributed by atoms with E-state index in [2.05, 4.69) is 21.9 Å². The highest BCUT2D eigenvalue weighted by Gasteiger charge is 2.51. The van der Waals surface area contributed by atoms with Crippen LogP contribution in [0, 0.1) is 0 Å². The summed E-state index contributed by atoms with van der Waals surface area (Å²) in [5, 5.41) is 42.4. The van der Waals surface area contributed by atoms with Crippen LogP contribution < -0.4 is 5.56 Å². The highest BCUT2D eigenvalue weighted by atomic mass is 16.7. The molecule has 2 fully saturated rings. The molecule has 272 valence electrons. The van der Waals surface area contributed by atoms with Crippen LogP contribution in [-0.2, 0) is 33.3 Å². The number of unbranched alkanes of at least 4 members (excludes halogenated alkanes) is 1. The number of esters is 2. The van der Waals surface area contributed by atoms with Gasteiger partial charge in [0, 0.05) is 12.2 Å². The van der Waals surface area contributed by atoms with Crippen molar-refractivity contribution in [3.63, 3.8) is 0 Å². The van der Waals surface area contributed by atoms with Crippen LogP contribution >= 0.6 is 0 Å². The van der Waals surface area contributed by atoms with Crippen LogP contribution in [0.5, 0.6) is 0 Å². The fraction of sp³-hybridized carbons (Fsp3) is 0.500. The van der Waals surface area contributed by atoms with E-state index in [1.807, 2.05) is 6.08 Å². The minimum atomic E-state index is -1.72. The summed E-state index contributed by atoms with van der Waals surface area (Å²) in [6.45, 7) is 4.74. The van der Waals surface area contributed by atoms with Gasteiger partial charge in [0.25, 0.3) is 5.56 Å². The van der Waals surface area contributed by atoms with Crippen LogP contribution in [0.3, 0.4) is 0 Å². The summed E-state index contributed by atoms with van der Waals surface area (Å²) in [5.74, 6) is -1.24. The number of imidazole rings is 1. The molecule has 0 aliphatic carbocycles. The van der Waals surface area contributed by atoms with Crippen molar-refractivity contribution in [3.8, 4) is 0 Å². The third kappa shape index (κ3) is 9.91. The summed E-state index contributed by atoms with van der Waals surface area (Å²) in [6.07, 6.45) is 8.75. The van der Waals surface area contributed by atoms with Crippen LogP contribution in [0.1, 0.15) is 46.3 Å². The number of fused-ring (bicyclic) bond motifs is 1. The maximum Gasteiger partial charge on any atom is 0.331 e. The number of hydrogen-bond donors (Lipinski definition) is 5. The summed E-state index contributed by atoms with van der Waals surface area (Å²) in [5.41, 5.74) is -0.378. The highest BCUT2D eigenvalue weighted by Crippen LogP contribution is 2.36. The zero-order valence-electron chi connectivity index (χ0n) is 27.9. The Hall–Kier alpha value is -4.29. The molecule has 0 spiro atoms. The molecule has 5 N–H and O–H groups in total. The molecular weight excluding hydrogens is 656 g/mol. The van der Waals surface area contributed by atoms with Gasteiger partial charge in [0.2, 0.25) is 0 Å². The molecule has 0 radical (unpaired) electrons. The van der Waals surface area contributed by atoms with Crippen molar-refractivity contribution >= 4 is 23.1 Å². The lowest BCUT2D eigenvalue weighted by Crippen LogP contribution is -2.59. The van der Waals surface area contributed by atoms with Crippen molar-refractivity contribution in [2.75, 3.05) is 6.61 Å². The number of aromatic nitrogens is 4. The predicted octanol–water partition coefficient (Wildman–Crippen LogP) is 1.04. The third-order valence-corrected chi connectivity index (χ3v) is 7.85. The standard InChI is InChI=1S/C34H44N4O12/c1-4-5-6-8-12-15-23(40)46-20(2)14-11-9-7-10-13-16-24(41)49-29-21(3)47-34(28(44)27(29)43)50-30-26(42)22(17-39)48-33(30)38-19-37-25-31(38)35-18-36-32(25)45/h6-8,10-16,18-22,26-30,33-34,39,42-44H,4-5,9,17H2,1-3H3,(H,35,36,45)/b8-6+,10-7+,14-11-,15-12+,16-13+/t20-,21?,22+,26?,27?,28?,29+,30?,33+,34-/m0/s1. The number of carbonyl (C=O) groups is 2. The molecule has 0 saturated carbocycles. The van der Waals surface area contributed by atoms with Crippen molar-refractivity contribution < 1.29 is 53.7 Å². The molecule has 2 saturated heterocycles. The van der Waals surface area contributed by atoms with Gasteiger partial charge in [-0.2, -0.15) is 0 Å². The van der Waals surface area contributed by atoms with Crippen LogP contribution in [0.4, 0.5) is 0 Å². The molecule has 5 unspecified atom stereocenters. The van der Waals surface area contributed by atoms with Crippen molar-refractivity contribution in [3.05, 3.63) is 83.8 Å². The molecule has 2 aliphatic heterocycles. The first-order valence-electron chi connectivity index (χ1n) is 16.3. The maximum absolute atomic E-state index is 12.5. The molecule has 2 aromatic rings. The largest absolute Gasteiger partial charge is 0.455 e. The molecule has 2 aromatic heterocycles. The van der Waals surface area contributed by atoms with Crippen LogP contribution in [0.2, 0.25) is 0 Å². The van der Waals surface area contributed by atoms with Crippen LogP contribution in [0.15, 0.2) is 78.2 Å². The van der Waals surface area contributed by atoms with Gasteiger partial charge >= 0.3 is 11.9 Å². The second-order valence-corrected chi connectivity index (χ2v) is 11.7. The Morgan fingerprint density at radius 2 is 1.74 bits per heavy atom. The van der Waals surface area contributed by atoms with Gasteiger partial charge in [-0.05, 0) is 32.8 Å². The van der Waals surface area contributed by atoms with Crippen molar-refractivity contribution in [1.29, 1.82) is 0 Å². The van der Waals surface area contributed by atoms with Crippen molar-refractivity contribution in [2.45, 2.75) is 101 Å². The number of H-pyrrole nitrogens is 1. The van der Waals surface area contributed by atoms with E-state index in [1.165, 1.54) is 36.3 Å². The highest BCUT2D eigenvalue weighted by molar-refractivity contribution is 5.83. The summed E-state index contributed by atoms with van der Waals surface area (Å²) in [4.78, 5) is 47.0. The number of carbonyl (C=O) groups excluding carboxylic acids is 2. The summed E-state index contributed by atoms with van der Waals surface area (Å²) in [6, 6.07) is 0. The minimum Gasteiger partial charge on any atom is -0.455 e. The zero-order valence-corrected chi connectivity index (χ0v) is 27.9. The first kappa shape index (κ1) is 38.5. The summed E-state index contributed by atoms with van der Waals surface area (Å²) < 4.78 is 29.4. The molecule has 4 heterocycles. The van der Waals surface area contributed by atoms with E-state index in [0.717, 1.165) is 18.9 Å². The number of allylic oxidation sites excluding steroid dienone is 7. The fourth-order valence-electron chi connectivity index (χ4n) is 5.28. The molecule has 50 heavy (non-hydrogen) atoms. The Kier molecular flexibility index (Phi) is 14.4. The lowest BCUT2D eigenvalue weighted by atomic mass is 9.99.